The van der Waals surface area contributed by atoms with E-state index in [0.29, 0.717) is 18.8 Å². The number of nitrogens with zero attached hydrogens (tertiary/aromatic N) is 2. The molecule has 136 valence electrons. The molecule has 25 heavy (non-hydrogen) atoms. The van der Waals surface area contributed by atoms with Gasteiger partial charge in [-0.15, -0.1) is 4.91 Å². The lowest BCUT2D eigenvalue weighted by Crippen LogP contribution is -2.47. The van der Waals surface area contributed by atoms with Crippen LogP contribution >= 0.6 is 0 Å². The average molecular weight is 349 g/mol. The summed E-state index contributed by atoms with van der Waals surface area (Å²) < 4.78 is 18.6. The van der Waals surface area contributed by atoms with Crippen LogP contribution in [0.1, 0.15) is 40.0 Å². The van der Waals surface area contributed by atoms with Gasteiger partial charge >= 0.3 is 6.09 Å². The zero-order valence-electron chi connectivity index (χ0n) is 14.8. The van der Waals surface area contributed by atoms with Gasteiger partial charge in [-0.3, -0.25) is 0 Å². The van der Waals surface area contributed by atoms with E-state index in [2.05, 4.69) is 10.5 Å². The zero-order chi connectivity index (χ0) is 18.2. The van der Waals surface area contributed by atoms with Crippen molar-refractivity contribution in [2.24, 2.45) is 10.6 Å². The molecule has 1 aromatic rings. The smallest absolute Gasteiger partial charge is 0.410 e. The molecule has 0 radical (unpaired) electrons. The summed E-state index contributed by atoms with van der Waals surface area (Å²) in [6.07, 6.45) is 2.50. The lowest BCUT2D eigenvalue weighted by Gasteiger charge is -2.45. The average Bonchev–Trinajstić information content (AvgIpc) is 2.92. The third kappa shape index (κ3) is 3.91. The highest BCUT2D eigenvalue weighted by Crippen LogP contribution is 2.49. The summed E-state index contributed by atoms with van der Waals surface area (Å²) in [5.41, 5.74) is 0.266. The number of hydrogen-bond donors (Lipinski definition) is 1. The number of nitroso groups, excluding NO2 is 1. The fourth-order valence-corrected chi connectivity index (χ4v) is 3.76. The van der Waals surface area contributed by atoms with Crippen LogP contribution < -0.4 is 5.32 Å². The third-order valence-corrected chi connectivity index (χ3v) is 4.87. The van der Waals surface area contributed by atoms with Gasteiger partial charge in [-0.25, -0.2) is 9.18 Å². The number of ether oxygens (including phenoxy) is 1. The topological polar surface area (TPSA) is 71.0 Å². The molecule has 0 unspecified atom stereocenters. The molecule has 2 fully saturated rings. The minimum absolute atomic E-state index is 0.0859. The summed E-state index contributed by atoms with van der Waals surface area (Å²) >= 11 is 0. The van der Waals surface area contributed by atoms with Crippen molar-refractivity contribution in [3.8, 4) is 0 Å². The molecule has 1 aromatic carbocycles. The lowest BCUT2D eigenvalue weighted by molar-refractivity contribution is 0.0237. The van der Waals surface area contributed by atoms with E-state index in [0.717, 1.165) is 25.3 Å². The first kappa shape index (κ1) is 17.6. The van der Waals surface area contributed by atoms with Crippen LogP contribution in [0.4, 0.5) is 20.6 Å². The predicted octanol–water partition coefficient (Wildman–Crippen LogP) is 4.43. The summed E-state index contributed by atoms with van der Waals surface area (Å²) in [6, 6.07) is 4.18. The first-order valence-corrected chi connectivity index (χ1v) is 8.57. The number of nitrogens with one attached hydrogen (secondary N) is 1. The molecule has 1 heterocycles. The van der Waals surface area contributed by atoms with Crippen LogP contribution in [0, 0.1) is 16.1 Å². The third-order valence-electron chi connectivity index (χ3n) is 4.87. The molecular weight excluding hydrogens is 325 g/mol. The van der Waals surface area contributed by atoms with Gasteiger partial charge in [0.1, 0.15) is 17.1 Å². The van der Waals surface area contributed by atoms with Crippen LogP contribution in [0.3, 0.4) is 0 Å². The maximum Gasteiger partial charge on any atom is 0.410 e. The highest BCUT2D eigenvalue weighted by Gasteiger charge is 2.50. The first-order valence-electron chi connectivity index (χ1n) is 8.57. The largest absolute Gasteiger partial charge is 0.444 e. The summed E-state index contributed by atoms with van der Waals surface area (Å²) in [7, 11) is 0. The molecule has 0 aromatic heterocycles. The van der Waals surface area contributed by atoms with Crippen LogP contribution in [-0.4, -0.2) is 35.7 Å². The van der Waals surface area contributed by atoms with E-state index in [4.69, 9.17) is 4.74 Å². The number of likely N-dealkylation sites (tertiary alicyclic amines) is 1. The van der Waals surface area contributed by atoms with Crippen molar-refractivity contribution in [1.82, 2.24) is 4.90 Å². The van der Waals surface area contributed by atoms with Crippen LogP contribution in [-0.2, 0) is 4.74 Å². The first-order chi connectivity index (χ1) is 11.7. The monoisotopic (exact) mass is 349 g/mol. The summed E-state index contributed by atoms with van der Waals surface area (Å²) in [6.45, 7) is 6.99. The lowest BCUT2D eigenvalue weighted by atomic mass is 9.65. The molecule has 0 bridgehead atoms. The van der Waals surface area contributed by atoms with Crippen molar-refractivity contribution in [2.75, 3.05) is 18.4 Å². The number of rotatable bonds is 3. The van der Waals surface area contributed by atoms with Gasteiger partial charge < -0.3 is 15.0 Å². The Hall–Kier alpha value is -2.18. The SMILES string of the molecule is CC(C)(C)OC(=O)N1CCC2(CC(Nc3ccc(F)cc3N=O)C2)C1. The van der Waals surface area contributed by atoms with Gasteiger partial charge in [-0.2, -0.15) is 0 Å². The Morgan fingerprint density at radius 3 is 2.76 bits per heavy atom. The van der Waals surface area contributed by atoms with Gasteiger partial charge in [-0.1, -0.05) is 0 Å². The minimum Gasteiger partial charge on any atom is -0.444 e. The van der Waals surface area contributed by atoms with Crippen molar-refractivity contribution in [2.45, 2.75) is 51.7 Å². The number of carbonyl (C=O) groups excluding carboxylic acids is 1. The minimum atomic E-state index is -0.489. The number of hydrogen-bond acceptors (Lipinski definition) is 5. The fourth-order valence-electron chi connectivity index (χ4n) is 3.76. The molecule has 3 rings (SSSR count). The van der Waals surface area contributed by atoms with Crippen LogP contribution in [0.25, 0.3) is 0 Å². The van der Waals surface area contributed by atoms with Gasteiger partial charge in [-0.05, 0) is 62.8 Å². The fraction of sp³-hybridized carbons (Fsp3) is 0.611. The quantitative estimate of drug-likeness (QED) is 0.820. The van der Waals surface area contributed by atoms with Gasteiger partial charge in [0, 0.05) is 25.2 Å². The molecule has 1 aliphatic heterocycles. The van der Waals surface area contributed by atoms with Gasteiger partial charge in [0.2, 0.25) is 0 Å². The molecule has 1 saturated heterocycles. The van der Waals surface area contributed by atoms with E-state index in [1.54, 1.807) is 11.0 Å². The van der Waals surface area contributed by atoms with Crippen LogP contribution in [0.2, 0.25) is 0 Å². The van der Waals surface area contributed by atoms with E-state index in [9.17, 15) is 14.1 Å². The maximum atomic E-state index is 13.2. The predicted molar refractivity (Wildman–Crippen MR) is 93.4 cm³/mol. The van der Waals surface area contributed by atoms with Crippen molar-refractivity contribution in [3.63, 3.8) is 0 Å². The Morgan fingerprint density at radius 2 is 2.12 bits per heavy atom. The van der Waals surface area contributed by atoms with Crippen LogP contribution in [0.5, 0.6) is 0 Å². The number of carbonyl (C=O) groups is 1. The summed E-state index contributed by atoms with van der Waals surface area (Å²) in [5.74, 6) is -0.478. The molecule has 2 aliphatic rings. The van der Waals surface area contributed by atoms with Crippen LogP contribution in [0.15, 0.2) is 23.4 Å². The van der Waals surface area contributed by atoms with Gasteiger partial charge in [0.15, 0.2) is 0 Å². The van der Waals surface area contributed by atoms with Gasteiger partial charge in [0.25, 0.3) is 0 Å². The molecule has 1 N–H and O–H groups in total. The highest BCUT2D eigenvalue weighted by atomic mass is 19.1. The van der Waals surface area contributed by atoms with Gasteiger partial charge in [0.05, 0.1) is 5.69 Å². The zero-order valence-corrected chi connectivity index (χ0v) is 14.8. The van der Waals surface area contributed by atoms with Crippen molar-refractivity contribution in [1.29, 1.82) is 0 Å². The number of anilines is 1. The second kappa shape index (κ2) is 6.28. The number of benzene rings is 1. The molecule has 1 aliphatic carbocycles. The Morgan fingerprint density at radius 1 is 1.40 bits per heavy atom. The maximum absolute atomic E-state index is 13.2. The Labute approximate surface area is 146 Å². The standard InChI is InChI=1S/C18H24FN3O3/c1-17(2,3)25-16(23)22-7-6-18(11-22)9-13(10-18)20-14-5-4-12(19)8-15(14)21-24/h4-5,8,13,20H,6-7,9-11H2,1-3H3. The molecular formula is C18H24FN3O3. The molecule has 7 heteroatoms. The Kier molecular flexibility index (Phi) is 4.43. The summed E-state index contributed by atoms with van der Waals surface area (Å²) in [5, 5.41) is 6.14. The highest BCUT2D eigenvalue weighted by molar-refractivity contribution is 5.69. The molecule has 1 amide bonds. The normalized spacial score (nSPS) is 25.6. The molecule has 1 saturated carbocycles. The van der Waals surface area contributed by atoms with E-state index in [-0.39, 0.29) is 23.2 Å². The molecule has 0 atom stereocenters. The van der Waals surface area contributed by atoms with E-state index < -0.39 is 11.4 Å². The summed E-state index contributed by atoms with van der Waals surface area (Å²) in [4.78, 5) is 24.8. The number of halogens is 1. The van der Waals surface area contributed by atoms with Crippen molar-refractivity contribution >= 4 is 17.5 Å². The molecule has 1 spiro atoms. The Bertz CT molecular complexity index is 681. The van der Waals surface area contributed by atoms with Crippen molar-refractivity contribution < 1.29 is 13.9 Å². The Balaban J connectivity index is 1.54. The van der Waals surface area contributed by atoms with Crippen molar-refractivity contribution in [3.05, 3.63) is 28.9 Å². The van der Waals surface area contributed by atoms with E-state index in [1.807, 2.05) is 20.8 Å². The van der Waals surface area contributed by atoms with E-state index >= 15 is 0 Å². The molecule has 6 nitrogen and oxygen atoms in total. The number of amides is 1. The van der Waals surface area contributed by atoms with E-state index in [1.165, 1.54) is 6.07 Å². The second-order valence-electron chi connectivity index (χ2n) is 8.15. The second-order valence-corrected chi connectivity index (χ2v) is 8.15.